The van der Waals surface area contributed by atoms with Gasteiger partial charge in [-0.1, -0.05) is 18.7 Å². The van der Waals surface area contributed by atoms with Crippen LogP contribution in [0.3, 0.4) is 0 Å². The molecule has 3 heterocycles. The maximum absolute atomic E-state index is 12.6. The van der Waals surface area contributed by atoms with Gasteiger partial charge in [0.05, 0.1) is 18.4 Å². The number of thioether (sulfide) groups is 1. The summed E-state index contributed by atoms with van der Waals surface area (Å²) in [4.78, 5) is 25.8. The van der Waals surface area contributed by atoms with E-state index < -0.39 is 5.97 Å². The van der Waals surface area contributed by atoms with Crippen LogP contribution in [0.25, 0.3) is 11.4 Å². The highest BCUT2D eigenvalue weighted by atomic mass is 32.2. The van der Waals surface area contributed by atoms with Crippen LogP contribution in [-0.2, 0) is 22.4 Å². The number of thiophene rings is 2. The Hall–Kier alpha value is -2.17. The zero-order valence-corrected chi connectivity index (χ0v) is 21.0. The molecule has 3 aromatic heterocycles. The molecule has 0 radical (unpaired) electrons. The summed E-state index contributed by atoms with van der Waals surface area (Å²) < 4.78 is 6.88. The van der Waals surface area contributed by atoms with E-state index in [0.717, 1.165) is 24.6 Å². The summed E-state index contributed by atoms with van der Waals surface area (Å²) in [5, 5.41) is 16.9. The number of ether oxygens (including phenoxy) is 1. The third kappa shape index (κ3) is 4.62. The number of aromatic nitrogens is 3. The number of nitrogens with one attached hydrogen (secondary N) is 1. The molecule has 1 aliphatic rings. The first-order valence-electron chi connectivity index (χ1n) is 10.5. The lowest BCUT2D eigenvalue weighted by atomic mass is 9.88. The smallest absolute Gasteiger partial charge is 0.340 e. The summed E-state index contributed by atoms with van der Waals surface area (Å²) >= 11 is 4.46. The molecule has 10 heteroatoms. The SMILES string of the molecule is COC(=O)c1ccsc1NC(=O)CSc1nnc(-c2csc3c2CCC(C)C3)n1C(C)C. The molecule has 170 valence electrons. The van der Waals surface area contributed by atoms with Gasteiger partial charge in [0.15, 0.2) is 11.0 Å². The minimum Gasteiger partial charge on any atom is -0.465 e. The Morgan fingerprint density at radius 1 is 1.34 bits per heavy atom. The van der Waals surface area contributed by atoms with Crippen LogP contribution in [0.4, 0.5) is 5.00 Å². The average Bonchev–Trinajstić information content (AvgIpc) is 3.49. The van der Waals surface area contributed by atoms with E-state index >= 15 is 0 Å². The number of amides is 1. The topological polar surface area (TPSA) is 86.1 Å². The Labute approximate surface area is 199 Å². The lowest BCUT2D eigenvalue weighted by Crippen LogP contribution is -2.16. The molecule has 0 fully saturated rings. The second kappa shape index (κ2) is 9.76. The molecule has 0 bridgehead atoms. The van der Waals surface area contributed by atoms with Gasteiger partial charge in [0.25, 0.3) is 0 Å². The molecule has 0 aliphatic heterocycles. The molecule has 1 amide bonds. The molecule has 0 aromatic carbocycles. The number of fused-ring (bicyclic) bond motifs is 1. The summed E-state index contributed by atoms with van der Waals surface area (Å²) in [6, 6.07) is 1.80. The Kier molecular flexibility index (Phi) is 7.02. The van der Waals surface area contributed by atoms with Gasteiger partial charge in [0, 0.05) is 21.9 Å². The number of carbonyl (C=O) groups excluding carboxylic acids is 2. The third-order valence-electron chi connectivity index (χ3n) is 5.48. The van der Waals surface area contributed by atoms with Crippen molar-refractivity contribution >= 4 is 51.3 Å². The monoisotopic (exact) mass is 490 g/mol. The van der Waals surface area contributed by atoms with Crippen molar-refractivity contribution < 1.29 is 14.3 Å². The molecule has 1 aliphatic carbocycles. The Morgan fingerprint density at radius 2 is 2.16 bits per heavy atom. The highest BCUT2D eigenvalue weighted by Crippen LogP contribution is 2.39. The molecule has 3 aromatic rings. The van der Waals surface area contributed by atoms with E-state index in [-0.39, 0.29) is 17.7 Å². The van der Waals surface area contributed by atoms with Crippen LogP contribution in [0.5, 0.6) is 0 Å². The van der Waals surface area contributed by atoms with E-state index in [9.17, 15) is 9.59 Å². The first-order valence-corrected chi connectivity index (χ1v) is 13.3. The first-order chi connectivity index (χ1) is 15.4. The number of methoxy groups -OCH3 is 1. The van der Waals surface area contributed by atoms with Crippen LogP contribution in [0.15, 0.2) is 22.0 Å². The van der Waals surface area contributed by atoms with E-state index in [0.29, 0.717) is 15.7 Å². The number of anilines is 1. The summed E-state index contributed by atoms with van der Waals surface area (Å²) in [6.07, 6.45) is 3.41. The molecular weight excluding hydrogens is 464 g/mol. The Morgan fingerprint density at radius 3 is 2.91 bits per heavy atom. The van der Waals surface area contributed by atoms with E-state index in [1.807, 2.05) is 11.3 Å². The third-order valence-corrected chi connectivity index (χ3v) is 8.30. The van der Waals surface area contributed by atoms with Crippen LogP contribution in [0, 0.1) is 5.92 Å². The van der Waals surface area contributed by atoms with Gasteiger partial charge in [0.1, 0.15) is 5.00 Å². The minimum absolute atomic E-state index is 0.159. The lowest BCUT2D eigenvalue weighted by molar-refractivity contribution is -0.113. The molecule has 0 spiro atoms. The van der Waals surface area contributed by atoms with Crippen LogP contribution in [0.2, 0.25) is 0 Å². The number of hydrogen-bond donors (Lipinski definition) is 1. The van der Waals surface area contributed by atoms with E-state index in [1.165, 1.54) is 52.6 Å². The molecule has 4 rings (SSSR count). The van der Waals surface area contributed by atoms with Gasteiger partial charge in [-0.2, -0.15) is 0 Å². The first kappa shape index (κ1) is 23.0. The molecule has 7 nitrogen and oxygen atoms in total. The molecular formula is C22H26N4O3S3. The van der Waals surface area contributed by atoms with Crippen LogP contribution >= 0.6 is 34.4 Å². The van der Waals surface area contributed by atoms with Crippen LogP contribution in [-0.4, -0.2) is 39.5 Å². The number of esters is 1. The largest absolute Gasteiger partial charge is 0.465 e. The summed E-state index contributed by atoms with van der Waals surface area (Å²) in [5.41, 5.74) is 2.94. The Balaban J connectivity index is 1.50. The molecule has 1 atom stereocenters. The van der Waals surface area contributed by atoms with Gasteiger partial charge < -0.3 is 10.1 Å². The summed E-state index contributed by atoms with van der Waals surface area (Å²) in [7, 11) is 1.32. The van der Waals surface area contributed by atoms with Gasteiger partial charge in [0.2, 0.25) is 5.91 Å². The van der Waals surface area contributed by atoms with Crippen LogP contribution in [0.1, 0.15) is 54.0 Å². The summed E-state index contributed by atoms with van der Waals surface area (Å²) in [5.74, 6) is 1.10. The Bertz CT molecular complexity index is 1130. The van der Waals surface area contributed by atoms with Crippen LogP contribution < -0.4 is 5.32 Å². The number of carbonyl (C=O) groups is 2. The number of nitrogens with zero attached hydrogens (tertiary/aromatic N) is 3. The number of hydrogen-bond acceptors (Lipinski definition) is 8. The standard InChI is InChI=1S/C22H26N4O3S3/c1-12(2)26-19(16-10-31-17-9-13(3)5-6-14(16)17)24-25-22(26)32-11-18(27)23-20-15(7-8-30-20)21(28)29-4/h7-8,10,12-13H,5-6,9,11H2,1-4H3,(H,23,27). The zero-order chi connectivity index (χ0) is 22.8. The summed E-state index contributed by atoms with van der Waals surface area (Å²) in [6.45, 7) is 6.52. The van der Waals surface area contributed by atoms with E-state index in [4.69, 9.17) is 4.74 Å². The molecule has 32 heavy (non-hydrogen) atoms. The molecule has 1 N–H and O–H groups in total. The van der Waals surface area contributed by atoms with Gasteiger partial charge in [-0.05, 0) is 56.0 Å². The quantitative estimate of drug-likeness (QED) is 0.358. The van der Waals surface area contributed by atoms with Crippen molar-refractivity contribution in [2.45, 2.75) is 51.2 Å². The number of rotatable bonds is 7. The second-order valence-corrected chi connectivity index (χ2v) is 11.0. The fraction of sp³-hybridized carbons (Fsp3) is 0.455. The van der Waals surface area contributed by atoms with Crippen molar-refractivity contribution in [2.75, 3.05) is 18.2 Å². The van der Waals surface area contributed by atoms with Gasteiger partial charge in [-0.15, -0.1) is 32.9 Å². The fourth-order valence-corrected chi connectivity index (χ4v) is 6.76. The normalized spacial score (nSPS) is 15.6. The van der Waals surface area contributed by atoms with Crippen molar-refractivity contribution in [2.24, 2.45) is 5.92 Å². The molecule has 0 saturated heterocycles. The zero-order valence-electron chi connectivity index (χ0n) is 18.5. The van der Waals surface area contributed by atoms with E-state index in [2.05, 4.69) is 46.2 Å². The minimum atomic E-state index is -0.466. The maximum atomic E-state index is 12.6. The predicted molar refractivity (Wildman–Crippen MR) is 130 cm³/mol. The predicted octanol–water partition coefficient (Wildman–Crippen LogP) is 5.29. The van der Waals surface area contributed by atoms with Crippen molar-refractivity contribution in [1.29, 1.82) is 0 Å². The molecule has 1 unspecified atom stereocenters. The van der Waals surface area contributed by atoms with Gasteiger partial charge in [-0.3, -0.25) is 9.36 Å². The highest BCUT2D eigenvalue weighted by Gasteiger charge is 2.25. The van der Waals surface area contributed by atoms with Crippen molar-refractivity contribution in [3.63, 3.8) is 0 Å². The second-order valence-electron chi connectivity index (χ2n) is 8.16. The van der Waals surface area contributed by atoms with Gasteiger partial charge >= 0.3 is 5.97 Å². The fourth-order valence-electron chi connectivity index (χ4n) is 3.86. The van der Waals surface area contributed by atoms with Crippen molar-refractivity contribution in [1.82, 2.24) is 14.8 Å². The maximum Gasteiger partial charge on any atom is 0.340 e. The average molecular weight is 491 g/mol. The van der Waals surface area contributed by atoms with Gasteiger partial charge in [-0.25, -0.2) is 4.79 Å². The van der Waals surface area contributed by atoms with E-state index in [1.54, 1.807) is 11.4 Å². The van der Waals surface area contributed by atoms with Crippen molar-refractivity contribution in [3.8, 4) is 11.4 Å². The lowest BCUT2D eigenvalue weighted by Gasteiger charge is -2.19. The van der Waals surface area contributed by atoms with Crippen molar-refractivity contribution in [3.05, 3.63) is 32.8 Å². The highest BCUT2D eigenvalue weighted by molar-refractivity contribution is 7.99. The molecule has 0 saturated carbocycles.